The van der Waals surface area contributed by atoms with Crippen LogP contribution < -0.4 is 16.6 Å². The molecule has 1 aromatic heterocycles. The van der Waals surface area contributed by atoms with Gasteiger partial charge in [0.25, 0.3) is 5.56 Å². The number of benzene rings is 2. The average Bonchev–Trinajstić information content (AvgIpc) is 2.67. The highest BCUT2D eigenvalue weighted by atomic mass is 16.2. The van der Waals surface area contributed by atoms with E-state index in [0.717, 1.165) is 5.56 Å². The Labute approximate surface area is 163 Å². The van der Waals surface area contributed by atoms with Crippen LogP contribution in [0.25, 0.3) is 10.9 Å². The quantitative estimate of drug-likeness (QED) is 0.690. The van der Waals surface area contributed by atoms with Crippen molar-refractivity contribution in [2.75, 3.05) is 0 Å². The fourth-order valence-electron chi connectivity index (χ4n) is 3.24. The molecule has 6 nitrogen and oxygen atoms in total. The third-order valence-corrected chi connectivity index (χ3v) is 4.95. The summed E-state index contributed by atoms with van der Waals surface area (Å²) in [6.07, 6.45) is 0.143. The highest BCUT2D eigenvalue weighted by molar-refractivity contribution is 5.79. The molecular formula is C22H25N3O3. The Hall–Kier alpha value is -3.15. The van der Waals surface area contributed by atoms with E-state index in [0.29, 0.717) is 16.8 Å². The molecule has 0 spiro atoms. The first-order valence-corrected chi connectivity index (χ1v) is 9.48. The molecule has 28 heavy (non-hydrogen) atoms. The van der Waals surface area contributed by atoms with Crippen LogP contribution in [0.5, 0.6) is 0 Å². The Morgan fingerprint density at radius 3 is 2.32 bits per heavy atom. The van der Waals surface area contributed by atoms with Crippen molar-refractivity contribution in [2.24, 2.45) is 0 Å². The molecule has 3 aromatic rings. The van der Waals surface area contributed by atoms with E-state index in [4.69, 9.17) is 0 Å². The monoisotopic (exact) mass is 379 g/mol. The topological polar surface area (TPSA) is 84.0 Å². The summed E-state index contributed by atoms with van der Waals surface area (Å²) in [6, 6.07) is 15.0. The van der Waals surface area contributed by atoms with E-state index >= 15 is 0 Å². The first-order valence-electron chi connectivity index (χ1n) is 9.48. The van der Waals surface area contributed by atoms with Crippen molar-refractivity contribution >= 4 is 16.8 Å². The number of fused-ring (bicyclic) bond motifs is 1. The molecule has 6 heteroatoms. The second-order valence-electron chi connectivity index (χ2n) is 7.29. The predicted octanol–water partition coefficient (Wildman–Crippen LogP) is 3.08. The fourth-order valence-corrected chi connectivity index (χ4v) is 3.24. The van der Waals surface area contributed by atoms with Gasteiger partial charge in [0.2, 0.25) is 5.91 Å². The van der Waals surface area contributed by atoms with Gasteiger partial charge in [-0.3, -0.25) is 19.1 Å². The smallest absolute Gasteiger partial charge is 0.328 e. The van der Waals surface area contributed by atoms with Gasteiger partial charge in [0.05, 0.1) is 16.9 Å². The van der Waals surface area contributed by atoms with Crippen LogP contribution in [0.1, 0.15) is 50.3 Å². The molecule has 2 aromatic carbocycles. The largest absolute Gasteiger partial charge is 0.350 e. The molecule has 1 atom stereocenters. The van der Waals surface area contributed by atoms with Gasteiger partial charge in [0.1, 0.15) is 0 Å². The molecule has 0 radical (unpaired) electrons. The molecule has 0 bridgehead atoms. The second-order valence-corrected chi connectivity index (χ2v) is 7.29. The number of aromatic amines is 1. The number of carbonyl (C=O) groups excluding carboxylic acids is 1. The molecule has 1 amide bonds. The lowest BCUT2D eigenvalue weighted by Crippen LogP contribution is -2.33. The Morgan fingerprint density at radius 2 is 1.64 bits per heavy atom. The van der Waals surface area contributed by atoms with Gasteiger partial charge < -0.3 is 5.32 Å². The summed E-state index contributed by atoms with van der Waals surface area (Å²) in [5, 5.41) is 3.40. The van der Waals surface area contributed by atoms with Crippen LogP contribution in [0, 0.1) is 0 Å². The summed E-state index contributed by atoms with van der Waals surface area (Å²) in [7, 11) is 0. The lowest BCUT2D eigenvalue weighted by atomic mass is 9.99. The number of aryl methyl sites for hydroxylation is 1. The van der Waals surface area contributed by atoms with Crippen molar-refractivity contribution in [3.63, 3.8) is 0 Å². The van der Waals surface area contributed by atoms with Gasteiger partial charge in [-0.1, -0.05) is 50.2 Å². The van der Waals surface area contributed by atoms with E-state index in [1.54, 1.807) is 24.3 Å². The van der Waals surface area contributed by atoms with Gasteiger partial charge in [0, 0.05) is 13.0 Å². The number of nitrogens with zero attached hydrogens (tertiary/aromatic N) is 1. The molecule has 0 aliphatic carbocycles. The minimum Gasteiger partial charge on any atom is -0.350 e. The number of H-pyrrole nitrogens is 1. The molecule has 3 rings (SSSR count). The molecule has 1 unspecified atom stereocenters. The number of hydrogen-bond acceptors (Lipinski definition) is 3. The van der Waals surface area contributed by atoms with Crippen molar-refractivity contribution in [3.8, 4) is 0 Å². The Bertz CT molecular complexity index is 1090. The van der Waals surface area contributed by atoms with Crippen LogP contribution in [0.2, 0.25) is 0 Å². The van der Waals surface area contributed by atoms with Crippen molar-refractivity contribution in [3.05, 3.63) is 80.5 Å². The van der Waals surface area contributed by atoms with Crippen LogP contribution in [0.3, 0.4) is 0 Å². The predicted molar refractivity (Wildman–Crippen MR) is 111 cm³/mol. The second kappa shape index (κ2) is 8.25. The first-order chi connectivity index (χ1) is 13.4. The van der Waals surface area contributed by atoms with E-state index in [9.17, 15) is 14.4 Å². The third kappa shape index (κ3) is 4.22. The van der Waals surface area contributed by atoms with E-state index < -0.39 is 11.2 Å². The summed E-state index contributed by atoms with van der Waals surface area (Å²) in [6.45, 7) is 6.41. The molecule has 0 aliphatic rings. The SMILES string of the molecule is CC(C)c1ccc(C(C)NC(=O)CCn2c(=O)[nH]c(=O)c3ccccc32)cc1. The van der Waals surface area contributed by atoms with Gasteiger partial charge in [-0.25, -0.2) is 4.79 Å². The minimum absolute atomic E-state index is 0.127. The number of amides is 1. The first kappa shape index (κ1) is 19.6. The number of para-hydroxylation sites is 1. The van der Waals surface area contributed by atoms with Crippen LogP contribution in [0.4, 0.5) is 0 Å². The average molecular weight is 379 g/mol. The van der Waals surface area contributed by atoms with Gasteiger partial charge in [-0.2, -0.15) is 0 Å². The summed E-state index contributed by atoms with van der Waals surface area (Å²) >= 11 is 0. The van der Waals surface area contributed by atoms with Crippen LogP contribution >= 0.6 is 0 Å². The standard InChI is InChI=1S/C22H25N3O3/c1-14(2)16-8-10-17(11-9-16)15(3)23-20(26)12-13-25-19-7-5-4-6-18(19)21(27)24-22(25)28/h4-11,14-15H,12-13H2,1-3H3,(H,23,26)(H,24,27,28). The van der Waals surface area contributed by atoms with Crippen molar-refractivity contribution < 1.29 is 4.79 Å². The number of carbonyl (C=O) groups is 1. The van der Waals surface area contributed by atoms with Crippen molar-refractivity contribution in [1.29, 1.82) is 0 Å². The zero-order valence-electron chi connectivity index (χ0n) is 16.4. The Balaban J connectivity index is 1.68. The van der Waals surface area contributed by atoms with Crippen LogP contribution in [0.15, 0.2) is 58.1 Å². The third-order valence-electron chi connectivity index (χ3n) is 4.95. The minimum atomic E-state index is -0.506. The van der Waals surface area contributed by atoms with Crippen molar-refractivity contribution in [2.45, 2.75) is 45.7 Å². The maximum atomic E-state index is 12.4. The highest BCUT2D eigenvalue weighted by Gasteiger charge is 2.12. The molecule has 146 valence electrons. The Kier molecular flexibility index (Phi) is 5.78. The molecule has 0 aliphatic heterocycles. The normalized spacial score (nSPS) is 12.3. The molecule has 1 heterocycles. The number of aromatic nitrogens is 2. The van der Waals surface area contributed by atoms with Gasteiger partial charge >= 0.3 is 5.69 Å². The van der Waals surface area contributed by atoms with Gasteiger partial charge in [0.15, 0.2) is 0 Å². The molecule has 0 saturated heterocycles. The van der Waals surface area contributed by atoms with E-state index in [1.807, 2.05) is 19.1 Å². The number of hydrogen-bond donors (Lipinski definition) is 2. The summed E-state index contributed by atoms with van der Waals surface area (Å²) < 4.78 is 1.43. The number of nitrogens with one attached hydrogen (secondary N) is 2. The molecular weight excluding hydrogens is 354 g/mol. The zero-order chi connectivity index (χ0) is 20.3. The lowest BCUT2D eigenvalue weighted by molar-refractivity contribution is -0.121. The van der Waals surface area contributed by atoms with Gasteiger partial charge in [-0.05, 0) is 36.1 Å². The van der Waals surface area contributed by atoms with E-state index in [2.05, 4.69) is 36.3 Å². The lowest BCUT2D eigenvalue weighted by Gasteiger charge is -2.16. The van der Waals surface area contributed by atoms with Crippen LogP contribution in [-0.2, 0) is 11.3 Å². The van der Waals surface area contributed by atoms with E-state index in [1.165, 1.54) is 10.1 Å². The maximum absolute atomic E-state index is 12.4. The highest BCUT2D eigenvalue weighted by Crippen LogP contribution is 2.18. The van der Waals surface area contributed by atoms with Crippen LogP contribution in [-0.4, -0.2) is 15.5 Å². The molecule has 0 fully saturated rings. The number of rotatable bonds is 6. The summed E-state index contributed by atoms with van der Waals surface area (Å²) in [5.74, 6) is 0.312. The maximum Gasteiger partial charge on any atom is 0.328 e. The fraction of sp³-hybridized carbons (Fsp3) is 0.318. The molecule has 2 N–H and O–H groups in total. The van der Waals surface area contributed by atoms with Gasteiger partial charge in [-0.15, -0.1) is 0 Å². The Morgan fingerprint density at radius 1 is 1.00 bits per heavy atom. The zero-order valence-corrected chi connectivity index (χ0v) is 16.4. The summed E-state index contributed by atoms with van der Waals surface area (Å²) in [5.41, 5.74) is 1.89. The van der Waals surface area contributed by atoms with E-state index in [-0.39, 0.29) is 24.9 Å². The van der Waals surface area contributed by atoms with Crippen molar-refractivity contribution in [1.82, 2.24) is 14.9 Å². The summed E-state index contributed by atoms with van der Waals surface area (Å²) in [4.78, 5) is 38.8. The molecule has 0 saturated carbocycles.